The number of amides is 2. The van der Waals surface area contributed by atoms with Crippen molar-refractivity contribution < 1.29 is 18.0 Å². The third-order valence-electron chi connectivity index (χ3n) is 5.92. The first-order valence-electron chi connectivity index (χ1n) is 11.5. The van der Waals surface area contributed by atoms with Crippen LogP contribution in [0.3, 0.4) is 0 Å². The zero-order valence-corrected chi connectivity index (χ0v) is 22.1. The van der Waals surface area contributed by atoms with Gasteiger partial charge in [0, 0.05) is 12.6 Å². The number of sulfonamides is 1. The summed E-state index contributed by atoms with van der Waals surface area (Å²) in [5.41, 5.74) is 4.00. The van der Waals surface area contributed by atoms with Gasteiger partial charge in [-0.2, -0.15) is 0 Å². The lowest BCUT2D eigenvalue weighted by atomic mass is 10.1. The van der Waals surface area contributed by atoms with Crippen LogP contribution < -0.4 is 9.62 Å². The molecule has 0 bridgehead atoms. The summed E-state index contributed by atoms with van der Waals surface area (Å²) in [7, 11) is -3.75. The highest BCUT2D eigenvalue weighted by Crippen LogP contribution is 2.24. The van der Waals surface area contributed by atoms with Gasteiger partial charge in [0.05, 0.1) is 11.9 Å². The lowest BCUT2D eigenvalue weighted by Gasteiger charge is -2.32. The number of nitrogens with zero attached hydrogens (tertiary/aromatic N) is 2. The zero-order valence-electron chi connectivity index (χ0n) is 21.3. The zero-order chi connectivity index (χ0) is 25.6. The number of hydrogen-bond donors (Lipinski definition) is 1. The SMILES string of the molecule is CC[C@H](C)NC(=O)[C@H](C)N(Cc1cccc(C)c1)C(=O)CN(c1cc(C)ccc1C)S(C)(=O)=O. The van der Waals surface area contributed by atoms with E-state index in [4.69, 9.17) is 0 Å². The smallest absolute Gasteiger partial charge is 0.244 e. The molecule has 0 aliphatic carbocycles. The monoisotopic (exact) mass is 487 g/mol. The second kappa shape index (κ2) is 11.5. The summed E-state index contributed by atoms with van der Waals surface area (Å²) < 4.78 is 26.6. The van der Waals surface area contributed by atoms with Crippen LogP contribution in [0.2, 0.25) is 0 Å². The van der Waals surface area contributed by atoms with Crippen LogP contribution in [0.15, 0.2) is 42.5 Å². The van der Waals surface area contributed by atoms with Crippen LogP contribution in [-0.4, -0.2) is 50.0 Å². The first-order valence-corrected chi connectivity index (χ1v) is 13.4. The van der Waals surface area contributed by atoms with E-state index < -0.39 is 28.5 Å². The fourth-order valence-electron chi connectivity index (χ4n) is 3.64. The van der Waals surface area contributed by atoms with Crippen LogP contribution in [0.1, 0.15) is 49.4 Å². The molecule has 0 heterocycles. The van der Waals surface area contributed by atoms with Crippen molar-refractivity contribution in [1.82, 2.24) is 10.2 Å². The molecule has 2 rings (SSSR count). The molecule has 34 heavy (non-hydrogen) atoms. The second-order valence-corrected chi connectivity index (χ2v) is 11.0. The standard InChI is InChI=1S/C26H37N3O4S/c1-8-21(5)27-26(31)22(6)28(16-23-11-9-10-18(2)14-23)25(30)17-29(34(7,32)33)24-15-19(3)12-13-20(24)4/h9-15,21-22H,8,16-17H2,1-7H3,(H,27,31)/t21-,22-/m0/s1. The van der Waals surface area contributed by atoms with E-state index >= 15 is 0 Å². The Morgan fingerprint density at radius 1 is 1.00 bits per heavy atom. The Morgan fingerprint density at radius 2 is 1.65 bits per heavy atom. The molecule has 0 saturated carbocycles. The molecule has 0 unspecified atom stereocenters. The molecule has 7 nitrogen and oxygen atoms in total. The first-order chi connectivity index (χ1) is 15.8. The van der Waals surface area contributed by atoms with Gasteiger partial charge in [-0.3, -0.25) is 13.9 Å². The van der Waals surface area contributed by atoms with Crippen molar-refractivity contribution in [2.24, 2.45) is 0 Å². The molecular formula is C26H37N3O4S. The van der Waals surface area contributed by atoms with Crippen LogP contribution in [0.5, 0.6) is 0 Å². The minimum atomic E-state index is -3.75. The highest BCUT2D eigenvalue weighted by molar-refractivity contribution is 7.92. The Morgan fingerprint density at radius 3 is 2.24 bits per heavy atom. The van der Waals surface area contributed by atoms with Crippen molar-refractivity contribution in [3.63, 3.8) is 0 Å². The minimum Gasteiger partial charge on any atom is -0.352 e. The lowest BCUT2D eigenvalue weighted by Crippen LogP contribution is -2.52. The Balaban J connectivity index is 2.43. The Hall–Kier alpha value is -2.87. The van der Waals surface area contributed by atoms with Crippen LogP contribution >= 0.6 is 0 Å². The number of carbonyl (C=O) groups excluding carboxylic acids is 2. The van der Waals surface area contributed by atoms with Crippen LogP contribution in [0.4, 0.5) is 5.69 Å². The van der Waals surface area contributed by atoms with Crippen LogP contribution in [-0.2, 0) is 26.2 Å². The molecule has 186 valence electrons. The van der Waals surface area contributed by atoms with Gasteiger partial charge in [0.1, 0.15) is 12.6 Å². The fourth-order valence-corrected chi connectivity index (χ4v) is 4.54. The maximum atomic E-state index is 13.6. The molecule has 2 aromatic carbocycles. The average molecular weight is 488 g/mol. The molecule has 0 saturated heterocycles. The lowest BCUT2D eigenvalue weighted by molar-refractivity contribution is -0.139. The second-order valence-electron chi connectivity index (χ2n) is 9.06. The summed E-state index contributed by atoms with van der Waals surface area (Å²) in [6.45, 7) is 11.0. The van der Waals surface area contributed by atoms with E-state index in [1.54, 1.807) is 13.0 Å². The number of aryl methyl sites for hydroxylation is 3. The highest BCUT2D eigenvalue weighted by atomic mass is 32.2. The first kappa shape index (κ1) is 27.4. The van der Waals surface area contributed by atoms with E-state index in [1.807, 2.05) is 71.0 Å². The van der Waals surface area contributed by atoms with Gasteiger partial charge < -0.3 is 10.2 Å². The maximum absolute atomic E-state index is 13.6. The van der Waals surface area contributed by atoms with Gasteiger partial charge in [0.15, 0.2) is 0 Å². The Labute approximate surface area is 204 Å². The summed E-state index contributed by atoms with van der Waals surface area (Å²) in [6, 6.07) is 12.4. The van der Waals surface area contributed by atoms with E-state index in [9.17, 15) is 18.0 Å². The highest BCUT2D eigenvalue weighted by Gasteiger charge is 2.31. The molecule has 2 aromatic rings. The average Bonchev–Trinajstić information content (AvgIpc) is 2.76. The van der Waals surface area contributed by atoms with Crippen molar-refractivity contribution in [1.29, 1.82) is 0 Å². The van der Waals surface area contributed by atoms with Gasteiger partial charge in [-0.25, -0.2) is 8.42 Å². The number of rotatable bonds is 10. The third kappa shape index (κ3) is 7.32. The van der Waals surface area contributed by atoms with Crippen LogP contribution in [0, 0.1) is 20.8 Å². The number of hydrogen-bond acceptors (Lipinski definition) is 4. The van der Waals surface area contributed by atoms with Gasteiger partial charge in [-0.15, -0.1) is 0 Å². The van der Waals surface area contributed by atoms with Gasteiger partial charge in [0.2, 0.25) is 21.8 Å². The quantitative estimate of drug-likeness (QED) is 0.554. The molecule has 0 aliphatic rings. The molecule has 0 aromatic heterocycles. The Kier molecular flexibility index (Phi) is 9.27. The number of benzene rings is 2. The van der Waals surface area contributed by atoms with E-state index in [0.29, 0.717) is 5.69 Å². The van der Waals surface area contributed by atoms with Crippen molar-refractivity contribution in [3.05, 3.63) is 64.7 Å². The number of carbonyl (C=O) groups is 2. The van der Waals surface area contributed by atoms with Gasteiger partial charge >= 0.3 is 0 Å². The molecule has 0 fully saturated rings. The molecule has 2 amide bonds. The van der Waals surface area contributed by atoms with Crippen molar-refractivity contribution in [2.75, 3.05) is 17.1 Å². The maximum Gasteiger partial charge on any atom is 0.244 e. The summed E-state index contributed by atoms with van der Waals surface area (Å²) in [6.07, 6.45) is 1.85. The topological polar surface area (TPSA) is 86.8 Å². The van der Waals surface area contributed by atoms with E-state index in [2.05, 4.69) is 5.32 Å². The van der Waals surface area contributed by atoms with Crippen molar-refractivity contribution in [3.8, 4) is 0 Å². The van der Waals surface area contributed by atoms with E-state index in [1.165, 1.54) is 4.90 Å². The van der Waals surface area contributed by atoms with Crippen molar-refractivity contribution in [2.45, 2.75) is 66.6 Å². The predicted molar refractivity (Wildman–Crippen MR) is 137 cm³/mol. The van der Waals surface area contributed by atoms with E-state index in [0.717, 1.165) is 39.2 Å². The van der Waals surface area contributed by atoms with Gasteiger partial charge in [0.25, 0.3) is 0 Å². The molecule has 2 atom stereocenters. The van der Waals surface area contributed by atoms with E-state index in [-0.39, 0.29) is 18.5 Å². The molecular weight excluding hydrogens is 450 g/mol. The molecule has 8 heteroatoms. The van der Waals surface area contributed by atoms with Crippen molar-refractivity contribution >= 4 is 27.5 Å². The Bertz CT molecular complexity index is 1130. The largest absolute Gasteiger partial charge is 0.352 e. The number of anilines is 1. The third-order valence-corrected chi connectivity index (χ3v) is 7.04. The summed E-state index contributed by atoms with van der Waals surface area (Å²) in [5, 5.41) is 2.93. The molecule has 0 aliphatic heterocycles. The molecule has 0 radical (unpaired) electrons. The summed E-state index contributed by atoms with van der Waals surface area (Å²) in [5.74, 6) is -0.715. The number of nitrogens with one attached hydrogen (secondary N) is 1. The van der Waals surface area contributed by atoms with Gasteiger partial charge in [-0.1, -0.05) is 48.9 Å². The van der Waals surface area contributed by atoms with Gasteiger partial charge in [-0.05, 0) is 63.8 Å². The molecule has 0 spiro atoms. The summed E-state index contributed by atoms with van der Waals surface area (Å²) in [4.78, 5) is 28.0. The minimum absolute atomic E-state index is 0.0340. The van der Waals surface area contributed by atoms with Crippen LogP contribution in [0.25, 0.3) is 0 Å². The fraction of sp³-hybridized carbons (Fsp3) is 0.462. The predicted octanol–water partition coefficient (Wildman–Crippen LogP) is 3.71. The normalized spacial score (nSPS) is 13.1. The summed E-state index contributed by atoms with van der Waals surface area (Å²) >= 11 is 0. The molecule has 1 N–H and O–H groups in total.